The predicted molar refractivity (Wildman–Crippen MR) is 80.0 cm³/mol. The van der Waals surface area contributed by atoms with E-state index in [2.05, 4.69) is 10.3 Å². The average molecular weight is 345 g/mol. The summed E-state index contributed by atoms with van der Waals surface area (Å²) in [6.07, 6.45) is -2.46. The SMILES string of the molecule is Fc1ccc([C@@H]2C[C@H]2CNc2ccnc(Cl)c2C(F)(F)F)cc1. The van der Waals surface area contributed by atoms with Crippen LogP contribution in [0, 0.1) is 11.7 Å². The number of alkyl halides is 3. The largest absolute Gasteiger partial charge is 0.421 e. The smallest absolute Gasteiger partial charge is 0.384 e. The Morgan fingerprint density at radius 2 is 1.87 bits per heavy atom. The van der Waals surface area contributed by atoms with Crippen molar-refractivity contribution in [1.82, 2.24) is 4.98 Å². The van der Waals surface area contributed by atoms with Gasteiger partial charge in [-0.2, -0.15) is 13.2 Å². The monoisotopic (exact) mass is 344 g/mol. The van der Waals surface area contributed by atoms with Gasteiger partial charge in [-0.15, -0.1) is 0 Å². The second kappa shape index (κ2) is 6.00. The summed E-state index contributed by atoms with van der Waals surface area (Å²) < 4.78 is 52.0. The minimum Gasteiger partial charge on any atom is -0.384 e. The van der Waals surface area contributed by atoms with Crippen LogP contribution < -0.4 is 5.32 Å². The molecule has 23 heavy (non-hydrogen) atoms. The third kappa shape index (κ3) is 3.58. The summed E-state index contributed by atoms with van der Waals surface area (Å²) in [5.41, 5.74) is -0.00934. The molecule has 2 atom stereocenters. The zero-order valence-electron chi connectivity index (χ0n) is 11.9. The van der Waals surface area contributed by atoms with E-state index in [4.69, 9.17) is 11.6 Å². The van der Waals surface area contributed by atoms with Gasteiger partial charge in [0.05, 0.1) is 5.69 Å². The van der Waals surface area contributed by atoms with Gasteiger partial charge >= 0.3 is 6.18 Å². The van der Waals surface area contributed by atoms with Gasteiger partial charge in [-0.05, 0) is 42.0 Å². The van der Waals surface area contributed by atoms with Crippen molar-refractivity contribution in [3.05, 3.63) is 58.6 Å². The fourth-order valence-corrected chi connectivity index (χ4v) is 2.95. The van der Waals surface area contributed by atoms with Crippen molar-refractivity contribution in [2.24, 2.45) is 5.92 Å². The molecular weight excluding hydrogens is 332 g/mol. The summed E-state index contributed by atoms with van der Waals surface area (Å²) in [5, 5.41) is 2.25. The van der Waals surface area contributed by atoms with Crippen molar-refractivity contribution < 1.29 is 17.6 Å². The van der Waals surface area contributed by atoms with E-state index < -0.39 is 16.9 Å². The topological polar surface area (TPSA) is 24.9 Å². The van der Waals surface area contributed by atoms with Crippen molar-refractivity contribution in [2.45, 2.75) is 18.5 Å². The third-order valence-corrected chi connectivity index (χ3v) is 4.25. The van der Waals surface area contributed by atoms with E-state index in [9.17, 15) is 17.6 Å². The van der Waals surface area contributed by atoms with E-state index in [0.717, 1.165) is 12.0 Å². The molecule has 1 aromatic heterocycles. The minimum atomic E-state index is -4.56. The van der Waals surface area contributed by atoms with Crippen LogP contribution in [0.1, 0.15) is 23.5 Å². The Kier molecular flexibility index (Phi) is 4.19. The standard InChI is InChI=1S/C16H13ClF4N2/c17-15-14(16(19,20)21)13(5-6-22-15)23-8-10-7-12(10)9-1-3-11(18)4-2-9/h1-6,10,12H,7-8H2,(H,22,23)/t10-,12-/m0/s1. The van der Waals surface area contributed by atoms with E-state index in [0.29, 0.717) is 6.54 Å². The highest BCUT2D eigenvalue weighted by atomic mass is 35.5. The Labute approximate surface area is 135 Å². The van der Waals surface area contributed by atoms with Crippen molar-refractivity contribution in [3.63, 3.8) is 0 Å². The molecule has 1 saturated carbocycles. The van der Waals surface area contributed by atoms with Crippen LogP contribution in [-0.2, 0) is 6.18 Å². The predicted octanol–water partition coefficient (Wildman–Crippen LogP) is 5.11. The highest BCUT2D eigenvalue weighted by Gasteiger charge is 2.40. The number of pyridine rings is 1. The van der Waals surface area contributed by atoms with Gasteiger partial charge in [0.2, 0.25) is 0 Å². The van der Waals surface area contributed by atoms with Crippen LogP contribution in [0.15, 0.2) is 36.5 Å². The molecule has 1 aliphatic carbocycles. The van der Waals surface area contributed by atoms with Gasteiger partial charge in [0.1, 0.15) is 16.5 Å². The summed E-state index contributed by atoms with van der Waals surface area (Å²) >= 11 is 5.58. The molecule has 0 bridgehead atoms. The Hall–Kier alpha value is -1.82. The molecule has 2 nitrogen and oxygen atoms in total. The maximum atomic E-state index is 13.0. The number of halogens is 5. The summed E-state index contributed by atoms with van der Waals surface area (Å²) in [6.45, 7) is 0.394. The van der Waals surface area contributed by atoms with Crippen LogP contribution in [-0.4, -0.2) is 11.5 Å². The minimum absolute atomic E-state index is 0.0674. The fraction of sp³-hybridized carbons (Fsp3) is 0.312. The van der Waals surface area contributed by atoms with Gasteiger partial charge in [-0.3, -0.25) is 0 Å². The van der Waals surface area contributed by atoms with Crippen molar-refractivity contribution in [3.8, 4) is 0 Å². The van der Waals surface area contributed by atoms with Crippen molar-refractivity contribution in [2.75, 3.05) is 11.9 Å². The Morgan fingerprint density at radius 1 is 1.17 bits per heavy atom. The molecule has 0 amide bonds. The van der Waals surface area contributed by atoms with Crippen molar-refractivity contribution in [1.29, 1.82) is 0 Å². The van der Waals surface area contributed by atoms with Crippen molar-refractivity contribution >= 4 is 17.3 Å². The van der Waals surface area contributed by atoms with E-state index in [1.54, 1.807) is 12.1 Å². The first-order valence-corrected chi connectivity index (χ1v) is 7.45. The maximum Gasteiger partial charge on any atom is 0.421 e. The number of hydrogen-bond donors (Lipinski definition) is 1. The lowest BCUT2D eigenvalue weighted by Crippen LogP contribution is -2.14. The number of rotatable bonds is 4. The first-order valence-electron chi connectivity index (χ1n) is 7.07. The Balaban J connectivity index is 1.67. The highest BCUT2D eigenvalue weighted by molar-refractivity contribution is 6.30. The molecule has 0 saturated heterocycles. The maximum absolute atomic E-state index is 13.0. The van der Waals surface area contributed by atoms with E-state index in [1.165, 1.54) is 24.4 Å². The molecule has 0 radical (unpaired) electrons. The number of nitrogens with zero attached hydrogens (tertiary/aromatic N) is 1. The van der Waals surface area contributed by atoms with Gasteiger partial charge in [0.15, 0.2) is 0 Å². The molecule has 1 fully saturated rings. The van der Waals surface area contributed by atoms with Crippen LogP contribution in [0.5, 0.6) is 0 Å². The molecular formula is C16H13ClF4N2. The first kappa shape index (κ1) is 16.1. The Morgan fingerprint density at radius 3 is 2.52 bits per heavy atom. The second-order valence-corrected chi connectivity index (χ2v) is 5.91. The molecule has 7 heteroatoms. The highest BCUT2D eigenvalue weighted by Crippen LogP contribution is 2.48. The lowest BCUT2D eigenvalue weighted by molar-refractivity contribution is -0.137. The average Bonchev–Trinajstić information content (AvgIpc) is 3.24. The zero-order chi connectivity index (χ0) is 16.6. The molecule has 1 aliphatic rings. The van der Waals surface area contributed by atoms with E-state index in [-0.39, 0.29) is 23.3 Å². The number of benzene rings is 1. The molecule has 1 aromatic carbocycles. The van der Waals surface area contributed by atoms with Gasteiger partial charge in [-0.1, -0.05) is 23.7 Å². The summed E-state index contributed by atoms with van der Waals surface area (Å²) in [4.78, 5) is 3.49. The zero-order valence-corrected chi connectivity index (χ0v) is 12.6. The summed E-state index contributed by atoms with van der Waals surface area (Å²) in [6, 6.07) is 7.48. The molecule has 0 unspecified atom stereocenters. The van der Waals surface area contributed by atoms with E-state index in [1.807, 2.05) is 0 Å². The van der Waals surface area contributed by atoms with Gasteiger partial charge in [-0.25, -0.2) is 9.37 Å². The molecule has 1 N–H and O–H groups in total. The lowest BCUT2D eigenvalue weighted by atomic mass is 10.1. The quantitative estimate of drug-likeness (QED) is 0.616. The number of anilines is 1. The Bertz CT molecular complexity index is 700. The van der Waals surface area contributed by atoms with E-state index >= 15 is 0 Å². The van der Waals surface area contributed by atoms with Crippen LogP contribution in [0.2, 0.25) is 5.15 Å². The fourth-order valence-electron chi connectivity index (χ4n) is 2.69. The summed E-state index contributed by atoms with van der Waals surface area (Å²) in [7, 11) is 0. The molecule has 2 aromatic rings. The van der Waals surface area contributed by atoms with Crippen LogP contribution >= 0.6 is 11.6 Å². The van der Waals surface area contributed by atoms with Crippen LogP contribution in [0.3, 0.4) is 0 Å². The molecule has 0 aliphatic heterocycles. The number of nitrogens with one attached hydrogen (secondary N) is 1. The lowest BCUT2D eigenvalue weighted by Gasteiger charge is -2.15. The van der Waals surface area contributed by atoms with Gasteiger partial charge < -0.3 is 5.32 Å². The van der Waals surface area contributed by atoms with Gasteiger partial charge in [0, 0.05) is 12.7 Å². The molecule has 0 spiro atoms. The number of hydrogen-bond acceptors (Lipinski definition) is 2. The van der Waals surface area contributed by atoms with Gasteiger partial charge in [0.25, 0.3) is 0 Å². The normalized spacial score (nSPS) is 20.4. The third-order valence-electron chi connectivity index (χ3n) is 3.96. The number of aromatic nitrogens is 1. The second-order valence-electron chi connectivity index (χ2n) is 5.56. The van der Waals surface area contributed by atoms with Crippen LogP contribution in [0.4, 0.5) is 23.2 Å². The molecule has 122 valence electrons. The summed E-state index contributed by atoms with van der Waals surface area (Å²) in [5.74, 6) is 0.161. The molecule has 3 rings (SSSR count). The van der Waals surface area contributed by atoms with Crippen LogP contribution in [0.25, 0.3) is 0 Å². The molecule has 1 heterocycles. The first-order chi connectivity index (χ1) is 10.9.